The van der Waals surface area contributed by atoms with E-state index in [0.29, 0.717) is 5.69 Å². The molecule has 0 aromatic heterocycles. The van der Waals surface area contributed by atoms with Crippen molar-refractivity contribution in [1.29, 1.82) is 0 Å². The summed E-state index contributed by atoms with van der Waals surface area (Å²) in [6.07, 6.45) is 8.14. The van der Waals surface area contributed by atoms with Crippen LogP contribution in [0.2, 0.25) is 0 Å². The predicted molar refractivity (Wildman–Crippen MR) is 115 cm³/mol. The lowest BCUT2D eigenvalue weighted by atomic mass is 9.85. The highest BCUT2D eigenvalue weighted by Gasteiger charge is 2.59. The van der Waals surface area contributed by atoms with Crippen LogP contribution >= 0.6 is 0 Å². The zero-order chi connectivity index (χ0) is 21.3. The second kappa shape index (κ2) is 6.51. The first-order chi connectivity index (χ1) is 15.0. The summed E-state index contributed by atoms with van der Waals surface area (Å²) >= 11 is 0. The number of amides is 2. The first-order valence-corrected chi connectivity index (χ1v) is 10.7. The number of rotatable bonds is 4. The maximum absolute atomic E-state index is 13.0. The molecule has 1 heterocycles. The van der Waals surface area contributed by atoms with Crippen LogP contribution in [0.15, 0.2) is 48.6 Å². The van der Waals surface area contributed by atoms with Crippen molar-refractivity contribution in [3.05, 3.63) is 69.8 Å². The number of nitrogens with one attached hydrogen (secondary N) is 1. The molecule has 4 aliphatic rings. The van der Waals surface area contributed by atoms with Gasteiger partial charge in [-0.2, -0.15) is 0 Å². The third kappa shape index (κ3) is 2.65. The van der Waals surface area contributed by atoms with E-state index >= 15 is 0 Å². The molecule has 156 valence electrons. The van der Waals surface area contributed by atoms with Crippen LogP contribution in [0, 0.1) is 33.8 Å². The summed E-state index contributed by atoms with van der Waals surface area (Å²) in [5, 5.41) is 15.0. The highest BCUT2D eigenvalue weighted by molar-refractivity contribution is 6.23. The lowest BCUT2D eigenvalue weighted by Gasteiger charge is -2.18. The summed E-state index contributed by atoms with van der Waals surface area (Å²) in [5.74, 6) is -0.920. The maximum Gasteiger partial charge on any atom is 0.294 e. The van der Waals surface area contributed by atoms with Crippen molar-refractivity contribution < 1.29 is 14.5 Å². The fraction of sp³-hybridized carbons (Fsp3) is 0.333. The monoisotopic (exact) mass is 415 g/mol. The average molecular weight is 415 g/mol. The van der Waals surface area contributed by atoms with E-state index in [1.807, 2.05) is 24.3 Å². The van der Waals surface area contributed by atoms with Gasteiger partial charge in [0, 0.05) is 11.8 Å². The summed E-state index contributed by atoms with van der Waals surface area (Å²) in [5.41, 5.74) is 3.85. The highest BCUT2D eigenvalue weighted by Crippen LogP contribution is 2.53. The van der Waals surface area contributed by atoms with Gasteiger partial charge in [-0.3, -0.25) is 19.7 Å². The minimum absolute atomic E-state index is 0.104. The molecule has 1 saturated heterocycles. The zero-order valence-electron chi connectivity index (χ0n) is 16.8. The van der Waals surface area contributed by atoms with Crippen LogP contribution < -0.4 is 10.2 Å². The second-order valence-electron chi connectivity index (χ2n) is 8.93. The van der Waals surface area contributed by atoms with Gasteiger partial charge in [0.05, 0.1) is 22.4 Å². The molecular weight excluding hydrogens is 394 g/mol. The molecule has 1 N–H and O–H groups in total. The number of nitro groups is 1. The summed E-state index contributed by atoms with van der Waals surface area (Å²) in [7, 11) is 0. The lowest BCUT2D eigenvalue weighted by Crippen LogP contribution is -2.32. The van der Waals surface area contributed by atoms with Crippen molar-refractivity contribution in [2.75, 3.05) is 10.2 Å². The Morgan fingerprint density at radius 1 is 0.935 bits per heavy atom. The molecule has 0 radical (unpaired) electrons. The van der Waals surface area contributed by atoms with Gasteiger partial charge < -0.3 is 5.32 Å². The van der Waals surface area contributed by atoms with Crippen LogP contribution in [0.5, 0.6) is 0 Å². The van der Waals surface area contributed by atoms with Gasteiger partial charge in [-0.05, 0) is 72.9 Å². The number of anilines is 3. The van der Waals surface area contributed by atoms with Gasteiger partial charge in [0.2, 0.25) is 11.8 Å². The van der Waals surface area contributed by atoms with Crippen LogP contribution in [-0.2, 0) is 22.4 Å². The number of fused-ring (bicyclic) bond motifs is 6. The number of hydrogen-bond donors (Lipinski definition) is 1. The van der Waals surface area contributed by atoms with Gasteiger partial charge in [0.25, 0.3) is 5.69 Å². The van der Waals surface area contributed by atoms with Gasteiger partial charge in [-0.25, -0.2) is 4.90 Å². The van der Waals surface area contributed by atoms with E-state index in [2.05, 4.69) is 11.4 Å². The summed E-state index contributed by atoms with van der Waals surface area (Å²) in [6, 6.07) is 10.6. The molecule has 0 unspecified atom stereocenters. The van der Waals surface area contributed by atoms with Gasteiger partial charge in [0.15, 0.2) is 0 Å². The standard InChI is InChI=1S/C24H21N3O4/c28-23-21-15-4-5-16(10-15)22(21)24(29)26(23)18-8-9-19(20(12-18)27(30)31)25-17-7-6-13-2-1-3-14(13)11-17/h4-9,11-12,15-16,21-22,25H,1-3,10H2/t15-,16-,21+,22+/m0/s1. The van der Waals surface area contributed by atoms with Gasteiger partial charge in [0.1, 0.15) is 5.69 Å². The Hall–Kier alpha value is -3.48. The Morgan fingerprint density at radius 3 is 2.35 bits per heavy atom. The molecule has 1 saturated carbocycles. The Labute approximate surface area is 178 Å². The van der Waals surface area contributed by atoms with Crippen molar-refractivity contribution in [1.82, 2.24) is 0 Å². The summed E-state index contributed by atoms with van der Waals surface area (Å²) < 4.78 is 0. The van der Waals surface area contributed by atoms with Crippen molar-refractivity contribution in [3.63, 3.8) is 0 Å². The normalized spacial score (nSPS) is 27.7. The molecule has 2 bridgehead atoms. The first-order valence-electron chi connectivity index (χ1n) is 10.7. The highest BCUT2D eigenvalue weighted by atomic mass is 16.6. The van der Waals surface area contributed by atoms with E-state index in [9.17, 15) is 19.7 Å². The molecule has 1 aliphatic heterocycles. The smallest absolute Gasteiger partial charge is 0.294 e. The Bertz CT molecular complexity index is 1160. The lowest BCUT2D eigenvalue weighted by molar-refractivity contribution is -0.383. The molecule has 0 spiro atoms. The molecule has 31 heavy (non-hydrogen) atoms. The summed E-state index contributed by atoms with van der Waals surface area (Å²) in [4.78, 5) is 38.6. The van der Waals surface area contributed by atoms with Crippen LogP contribution in [0.1, 0.15) is 24.0 Å². The van der Waals surface area contributed by atoms with Crippen molar-refractivity contribution in [3.8, 4) is 0 Å². The molecule has 7 nitrogen and oxygen atoms in total. The predicted octanol–water partition coefficient (Wildman–Crippen LogP) is 4.14. The SMILES string of the molecule is O=C1[C@H]2[C@H](C(=O)N1c1ccc(Nc3ccc4c(c3)CCC4)c([N+](=O)[O-])c1)[C@H]1C=C[C@H]2C1. The largest absolute Gasteiger partial charge is 0.350 e. The molecule has 3 aliphatic carbocycles. The minimum Gasteiger partial charge on any atom is -0.350 e. The third-order valence-electron chi connectivity index (χ3n) is 7.28. The number of allylic oxidation sites excluding steroid dienone is 2. The Balaban J connectivity index is 1.32. The van der Waals surface area contributed by atoms with E-state index in [4.69, 9.17) is 0 Å². The molecule has 2 amide bonds. The van der Waals surface area contributed by atoms with Crippen LogP contribution in [0.25, 0.3) is 0 Å². The molecule has 2 fully saturated rings. The fourth-order valence-electron chi connectivity index (χ4n) is 5.88. The van der Waals surface area contributed by atoms with E-state index in [0.717, 1.165) is 36.3 Å². The van der Waals surface area contributed by atoms with E-state index in [1.54, 1.807) is 12.1 Å². The second-order valence-corrected chi connectivity index (χ2v) is 8.93. The van der Waals surface area contributed by atoms with E-state index < -0.39 is 4.92 Å². The van der Waals surface area contributed by atoms with Crippen molar-refractivity contribution >= 4 is 34.6 Å². The quantitative estimate of drug-likeness (QED) is 0.351. The number of carbonyl (C=O) groups is 2. The number of carbonyl (C=O) groups excluding carboxylic acids is 2. The number of benzene rings is 2. The van der Waals surface area contributed by atoms with Gasteiger partial charge >= 0.3 is 0 Å². The Morgan fingerprint density at radius 2 is 1.65 bits per heavy atom. The van der Waals surface area contributed by atoms with Gasteiger partial charge in [-0.15, -0.1) is 0 Å². The number of nitrogens with zero attached hydrogens (tertiary/aromatic N) is 2. The number of imide groups is 1. The number of hydrogen-bond acceptors (Lipinski definition) is 5. The van der Waals surface area contributed by atoms with Crippen molar-refractivity contribution in [2.24, 2.45) is 23.7 Å². The molecule has 4 atom stereocenters. The van der Waals surface area contributed by atoms with E-state index in [-0.39, 0.29) is 46.9 Å². The molecular formula is C24H21N3O4. The number of nitro benzene ring substituents is 1. The van der Waals surface area contributed by atoms with Crippen LogP contribution in [0.4, 0.5) is 22.7 Å². The van der Waals surface area contributed by atoms with Crippen LogP contribution in [-0.4, -0.2) is 16.7 Å². The molecule has 6 rings (SSSR count). The number of aryl methyl sites for hydroxylation is 2. The van der Waals surface area contributed by atoms with Gasteiger partial charge in [-0.1, -0.05) is 18.2 Å². The molecule has 2 aromatic carbocycles. The zero-order valence-corrected chi connectivity index (χ0v) is 16.8. The first kappa shape index (κ1) is 18.3. The minimum atomic E-state index is -0.476. The topological polar surface area (TPSA) is 92.6 Å². The fourth-order valence-corrected chi connectivity index (χ4v) is 5.88. The Kier molecular flexibility index (Phi) is 3.84. The van der Waals surface area contributed by atoms with E-state index in [1.165, 1.54) is 17.2 Å². The van der Waals surface area contributed by atoms with Crippen LogP contribution in [0.3, 0.4) is 0 Å². The molecule has 2 aromatic rings. The van der Waals surface area contributed by atoms with Crippen molar-refractivity contribution in [2.45, 2.75) is 25.7 Å². The third-order valence-corrected chi connectivity index (χ3v) is 7.28. The average Bonchev–Trinajstić information content (AvgIpc) is 3.52. The summed E-state index contributed by atoms with van der Waals surface area (Å²) in [6.45, 7) is 0. The molecule has 7 heteroatoms. The maximum atomic E-state index is 13.0.